The number of aromatic nitrogens is 3. The molecule has 1 aromatic heterocycles. The van der Waals surface area contributed by atoms with Crippen molar-refractivity contribution in [1.29, 1.82) is 5.26 Å². The number of rotatable bonds is 8. The minimum absolute atomic E-state index is 0.263. The number of carbonyl (C=O) groups excluding carboxylic acids is 1. The first kappa shape index (κ1) is 28.8. The molecule has 3 saturated heterocycles. The molecule has 2 N–H and O–H groups in total. The number of nitrogens with one attached hydrogen (secondary N) is 1. The van der Waals surface area contributed by atoms with Gasteiger partial charge in [0.05, 0.1) is 31.4 Å². The SMILES string of the molecule is CC(O)C(=O)N1CCC[C@@H](Oc2ccc(-c3ncnc(Nc4ccc(N5CCN(C6COC6)CC5)cc4)n3)cc2C#N)C1. The van der Waals surface area contributed by atoms with Crippen LogP contribution in [0.3, 0.4) is 0 Å². The molecule has 12 heteroatoms. The molecular formula is C31H36N8O4. The van der Waals surface area contributed by atoms with Gasteiger partial charge in [-0.3, -0.25) is 9.69 Å². The molecule has 6 rings (SSSR count). The van der Waals surface area contributed by atoms with Crippen LogP contribution in [0.1, 0.15) is 25.3 Å². The molecule has 3 aliphatic rings. The van der Waals surface area contributed by atoms with Crippen LogP contribution in [-0.4, -0.2) is 106 Å². The van der Waals surface area contributed by atoms with Gasteiger partial charge in [-0.15, -0.1) is 0 Å². The number of likely N-dealkylation sites (tertiary alicyclic amines) is 1. The molecule has 224 valence electrons. The fraction of sp³-hybridized carbons (Fsp3) is 0.452. The number of nitrogens with zero attached hydrogens (tertiary/aromatic N) is 7. The van der Waals surface area contributed by atoms with Crippen LogP contribution < -0.4 is 15.0 Å². The second-order valence-corrected chi connectivity index (χ2v) is 11.2. The van der Waals surface area contributed by atoms with Crippen LogP contribution in [-0.2, 0) is 9.53 Å². The van der Waals surface area contributed by atoms with Gasteiger partial charge in [0.2, 0.25) is 5.95 Å². The summed E-state index contributed by atoms with van der Waals surface area (Å²) in [5, 5.41) is 22.8. The van der Waals surface area contributed by atoms with Crippen LogP contribution in [0.25, 0.3) is 11.4 Å². The first-order valence-electron chi connectivity index (χ1n) is 14.8. The number of nitriles is 1. The van der Waals surface area contributed by atoms with E-state index in [1.54, 1.807) is 17.0 Å². The van der Waals surface area contributed by atoms with E-state index in [1.807, 2.05) is 18.2 Å². The maximum atomic E-state index is 12.2. The highest BCUT2D eigenvalue weighted by Gasteiger charge is 2.29. The van der Waals surface area contributed by atoms with E-state index < -0.39 is 6.10 Å². The Bertz CT molecular complexity index is 1470. The largest absolute Gasteiger partial charge is 0.487 e. The number of benzene rings is 2. The van der Waals surface area contributed by atoms with Gasteiger partial charge >= 0.3 is 0 Å². The van der Waals surface area contributed by atoms with E-state index in [9.17, 15) is 15.2 Å². The van der Waals surface area contributed by atoms with Crippen LogP contribution >= 0.6 is 0 Å². The maximum absolute atomic E-state index is 12.2. The van der Waals surface area contributed by atoms with E-state index in [0.29, 0.717) is 47.8 Å². The van der Waals surface area contributed by atoms with Gasteiger partial charge in [0.25, 0.3) is 5.91 Å². The smallest absolute Gasteiger partial charge is 0.251 e. The first-order valence-corrected chi connectivity index (χ1v) is 14.8. The van der Waals surface area contributed by atoms with E-state index in [1.165, 1.54) is 18.9 Å². The normalized spacial score (nSPS) is 20.2. The number of carbonyl (C=O) groups is 1. The average Bonchev–Trinajstić information content (AvgIpc) is 3.01. The van der Waals surface area contributed by atoms with Gasteiger partial charge in [-0.05, 0) is 62.2 Å². The molecule has 0 aliphatic carbocycles. The van der Waals surface area contributed by atoms with Gasteiger partial charge in [-0.1, -0.05) is 0 Å². The second kappa shape index (κ2) is 12.9. The molecule has 2 aromatic carbocycles. The summed E-state index contributed by atoms with van der Waals surface area (Å²) in [7, 11) is 0. The summed E-state index contributed by atoms with van der Waals surface area (Å²) in [6.07, 6.45) is 1.65. The minimum Gasteiger partial charge on any atom is -0.487 e. The summed E-state index contributed by atoms with van der Waals surface area (Å²) in [4.78, 5) is 31.9. The Balaban J connectivity index is 1.08. The lowest BCUT2D eigenvalue weighted by atomic mass is 10.1. The van der Waals surface area contributed by atoms with Gasteiger partial charge in [0.15, 0.2) is 5.82 Å². The summed E-state index contributed by atoms with van der Waals surface area (Å²) >= 11 is 0. The Morgan fingerprint density at radius 3 is 2.60 bits per heavy atom. The summed E-state index contributed by atoms with van der Waals surface area (Å²) in [6, 6.07) is 16.3. The van der Waals surface area contributed by atoms with E-state index in [4.69, 9.17) is 9.47 Å². The monoisotopic (exact) mass is 584 g/mol. The standard InChI is InChI=1S/C31H36N8O4/c1-21(40)30(41)39-10-2-3-27(17-39)43-28-9-4-22(15-23(28)16-32)29-33-20-34-31(36-29)35-24-5-7-25(8-6-24)37-11-13-38(14-12-37)26-18-42-19-26/h4-9,15,20-21,26-27,40H,2-3,10-14,17-19H2,1H3,(H,33,34,35,36)/t21?,27-/m1/s1. The van der Waals surface area contributed by atoms with Crippen LogP contribution in [0.2, 0.25) is 0 Å². The highest BCUT2D eigenvalue weighted by Crippen LogP contribution is 2.28. The molecule has 43 heavy (non-hydrogen) atoms. The van der Waals surface area contributed by atoms with Crippen molar-refractivity contribution in [2.45, 2.75) is 38.0 Å². The van der Waals surface area contributed by atoms with Crippen molar-refractivity contribution in [3.63, 3.8) is 0 Å². The molecule has 3 aromatic rings. The van der Waals surface area contributed by atoms with Crippen molar-refractivity contribution < 1.29 is 19.4 Å². The molecule has 4 heterocycles. The zero-order chi connectivity index (χ0) is 29.8. The highest BCUT2D eigenvalue weighted by atomic mass is 16.5. The minimum atomic E-state index is -1.05. The summed E-state index contributed by atoms with van der Waals surface area (Å²) in [5.41, 5.74) is 3.06. The molecule has 3 fully saturated rings. The van der Waals surface area contributed by atoms with E-state index in [-0.39, 0.29) is 12.0 Å². The van der Waals surface area contributed by atoms with E-state index >= 15 is 0 Å². The third-order valence-corrected chi connectivity index (χ3v) is 8.21. The van der Waals surface area contributed by atoms with E-state index in [0.717, 1.165) is 57.9 Å². The van der Waals surface area contributed by atoms with Crippen molar-refractivity contribution in [2.24, 2.45) is 0 Å². The van der Waals surface area contributed by atoms with Gasteiger partial charge in [0.1, 0.15) is 30.4 Å². The number of hydrogen-bond donors (Lipinski definition) is 2. The summed E-state index contributed by atoms with van der Waals surface area (Å²) in [5.74, 6) is 0.956. The van der Waals surface area contributed by atoms with Crippen molar-refractivity contribution >= 4 is 23.2 Å². The van der Waals surface area contributed by atoms with Crippen LogP contribution in [0.15, 0.2) is 48.8 Å². The highest BCUT2D eigenvalue weighted by molar-refractivity contribution is 5.80. The van der Waals surface area contributed by atoms with Crippen LogP contribution in [0, 0.1) is 11.3 Å². The molecule has 1 unspecified atom stereocenters. The lowest BCUT2D eigenvalue weighted by molar-refractivity contribution is -0.141. The second-order valence-electron chi connectivity index (χ2n) is 11.2. The summed E-state index contributed by atoms with van der Waals surface area (Å²) in [6.45, 7) is 8.22. The number of piperidine rings is 1. The number of aliphatic hydroxyl groups is 1. The lowest BCUT2D eigenvalue weighted by Crippen LogP contribution is -2.56. The average molecular weight is 585 g/mol. The maximum Gasteiger partial charge on any atom is 0.251 e. The molecule has 0 spiro atoms. The van der Waals surface area contributed by atoms with Crippen molar-refractivity contribution in [2.75, 3.05) is 62.7 Å². The number of anilines is 3. The van der Waals surface area contributed by atoms with Crippen molar-refractivity contribution in [3.8, 4) is 23.2 Å². The quantitative estimate of drug-likeness (QED) is 0.403. The summed E-state index contributed by atoms with van der Waals surface area (Å²) < 4.78 is 11.5. The zero-order valence-corrected chi connectivity index (χ0v) is 24.2. The number of amides is 1. The Labute approximate surface area is 250 Å². The number of aliphatic hydroxyl groups excluding tert-OH is 1. The van der Waals surface area contributed by atoms with Gasteiger partial charge < -0.3 is 29.7 Å². The topological polar surface area (TPSA) is 140 Å². The Hall–Kier alpha value is -4.31. The van der Waals surface area contributed by atoms with Gasteiger partial charge in [-0.2, -0.15) is 10.2 Å². The Morgan fingerprint density at radius 1 is 1.12 bits per heavy atom. The number of ether oxygens (including phenoxy) is 2. The van der Waals surface area contributed by atoms with Crippen molar-refractivity contribution in [3.05, 3.63) is 54.4 Å². The van der Waals surface area contributed by atoms with Crippen LogP contribution in [0.4, 0.5) is 17.3 Å². The molecule has 2 atom stereocenters. The van der Waals surface area contributed by atoms with Gasteiger partial charge in [0, 0.05) is 49.7 Å². The lowest BCUT2D eigenvalue weighted by Gasteiger charge is -2.43. The molecule has 3 aliphatic heterocycles. The molecule has 0 saturated carbocycles. The Morgan fingerprint density at radius 2 is 1.91 bits per heavy atom. The fourth-order valence-electron chi connectivity index (χ4n) is 5.70. The van der Waals surface area contributed by atoms with E-state index in [2.05, 4.69) is 48.3 Å². The molecule has 1 amide bonds. The third-order valence-electron chi connectivity index (χ3n) is 8.21. The molecule has 12 nitrogen and oxygen atoms in total. The third kappa shape index (κ3) is 6.69. The Kier molecular flexibility index (Phi) is 8.64. The number of hydrogen-bond acceptors (Lipinski definition) is 11. The molecule has 0 bridgehead atoms. The zero-order valence-electron chi connectivity index (χ0n) is 24.2. The van der Waals surface area contributed by atoms with Gasteiger partial charge in [-0.25, -0.2) is 9.97 Å². The van der Waals surface area contributed by atoms with Crippen LogP contribution in [0.5, 0.6) is 5.75 Å². The fourth-order valence-corrected chi connectivity index (χ4v) is 5.70. The first-order chi connectivity index (χ1) is 21.0. The predicted octanol–water partition coefficient (Wildman–Crippen LogP) is 2.43. The number of piperazine rings is 1. The molecular weight excluding hydrogens is 548 g/mol. The molecule has 0 radical (unpaired) electrons. The van der Waals surface area contributed by atoms with Crippen molar-refractivity contribution in [1.82, 2.24) is 24.8 Å². The predicted molar refractivity (Wildman–Crippen MR) is 160 cm³/mol.